The fourth-order valence-electron chi connectivity index (χ4n) is 5.14. The summed E-state index contributed by atoms with van der Waals surface area (Å²) in [5.41, 5.74) is 8.59. The molecule has 3 nitrogen and oxygen atoms in total. The molecule has 1 saturated heterocycles. The summed E-state index contributed by atoms with van der Waals surface area (Å²) >= 11 is -1.55. The van der Waals surface area contributed by atoms with Crippen molar-refractivity contribution >= 4 is 25.7 Å². The number of alkyl halides is 1. The summed E-state index contributed by atoms with van der Waals surface area (Å²) in [6.45, 7) is 37.5. The normalized spacial score (nSPS) is 17.3. The molecule has 1 aromatic carbocycles. The van der Waals surface area contributed by atoms with Crippen molar-refractivity contribution in [3.63, 3.8) is 0 Å². The Bertz CT molecular complexity index is 1210. The fraction of sp³-hybridized carbons (Fsp3) is 0.333. The summed E-state index contributed by atoms with van der Waals surface area (Å²) in [4.78, 5) is 4.63. The predicted molar refractivity (Wildman–Crippen MR) is 205 cm³/mol. The van der Waals surface area contributed by atoms with Gasteiger partial charge in [0.25, 0.3) is 0 Å². The van der Waals surface area contributed by atoms with Gasteiger partial charge in [-0.1, -0.05) is 61.2 Å². The number of halogens is 1. The van der Waals surface area contributed by atoms with Crippen LogP contribution in [0.3, 0.4) is 0 Å². The molecule has 1 fully saturated rings. The first-order valence-electron chi connectivity index (χ1n) is 15.0. The predicted octanol–water partition coefficient (Wildman–Crippen LogP) is 10.4. The second-order valence-corrected chi connectivity index (χ2v) is 15.2. The number of hydrogen-bond acceptors (Lipinski definition) is 3. The van der Waals surface area contributed by atoms with E-state index < -0.39 is 20.1 Å². The molecule has 2 unspecified atom stereocenters. The number of likely N-dealkylation sites (N-methyl/N-ethyl adjacent to an activating group) is 1. The van der Waals surface area contributed by atoms with E-state index in [4.69, 9.17) is 0 Å². The molecule has 3 rings (SSSR count). The Kier molecular flexibility index (Phi) is 18.3. The SMILES string of the molecule is C=CC.C=CCC1C(/C=C\C)=C(C=C)c2ccccc21.C=CCCC(=C)CNC(=C)C(=C)I(C)NC(=C)C1CCCN1C. The molecule has 0 aromatic heterocycles. The van der Waals surface area contributed by atoms with Crippen molar-refractivity contribution in [2.75, 3.05) is 25.1 Å². The van der Waals surface area contributed by atoms with Crippen molar-refractivity contribution in [1.29, 1.82) is 0 Å². The van der Waals surface area contributed by atoms with Gasteiger partial charge >= 0.3 is 150 Å². The third-order valence-corrected chi connectivity index (χ3v) is 11.5. The Morgan fingerprint density at radius 2 is 1.72 bits per heavy atom. The Balaban J connectivity index is 0.000000407. The van der Waals surface area contributed by atoms with Gasteiger partial charge in [0.05, 0.1) is 0 Å². The van der Waals surface area contributed by atoms with E-state index in [0.29, 0.717) is 12.0 Å². The number of fused-ring (bicyclic) bond motifs is 1. The van der Waals surface area contributed by atoms with Crippen molar-refractivity contribution in [1.82, 2.24) is 13.7 Å². The first kappa shape index (κ1) is 37.9. The Morgan fingerprint density at radius 3 is 2.28 bits per heavy atom. The van der Waals surface area contributed by atoms with Gasteiger partial charge in [-0.15, -0.1) is 13.2 Å². The Labute approximate surface area is 271 Å². The maximum absolute atomic E-state index is 4.25. The molecule has 1 aromatic rings. The van der Waals surface area contributed by atoms with E-state index in [0.717, 1.165) is 47.3 Å². The summed E-state index contributed by atoms with van der Waals surface area (Å²) in [6, 6.07) is 9.05. The quantitative estimate of drug-likeness (QED) is 0.0630. The summed E-state index contributed by atoms with van der Waals surface area (Å²) in [5, 5.41) is 3.35. The van der Waals surface area contributed by atoms with E-state index >= 15 is 0 Å². The van der Waals surface area contributed by atoms with Gasteiger partial charge in [-0.3, -0.25) is 0 Å². The monoisotopic (exact) mass is 693 g/mol. The molecule has 2 atom stereocenters. The molecule has 0 amide bonds. The average Bonchev–Trinajstić information content (AvgIpc) is 3.56. The summed E-state index contributed by atoms with van der Waals surface area (Å²) < 4.78 is 4.76. The Morgan fingerprint density at radius 1 is 1.05 bits per heavy atom. The third kappa shape index (κ3) is 11.8. The first-order chi connectivity index (χ1) is 20.6. The molecule has 0 bridgehead atoms. The van der Waals surface area contributed by atoms with Crippen LogP contribution >= 0.6 is 20.1 Å². The molecule has 1 aliphatic heterocycles. The average molecular weight is 694 g/mol. The van der Waals surface area contributed by atoms with Crippen LogP contribution in [0.5, 0.6) is 0 Å². The number of benzene rings is 1. The number of rotatable bonds is 15. The molecule has 4 heteroatoms. The van der Waals surface area contributed by atoms with Gasteiger partial charge in [-0.05, 0) is 42.5 Å². The van der Waals surface area contributed by atoms with Crippen LogP contribution < -0.4 is 8.85 Å². The van der Waals surface area contributed by atoms with Gasteiger partial charge in [0, 0.05) is 5.92 Å². The van der Waals surface area contributed by atoms with Gasteiger partial charge in [0.2, 0.25) is 0 Å². The molecular weight excluding hydrogens is 637 g/mol. The van der Waals surface area contributed by atoms with Gasteiger partial charge in [0.15, 0.2) is 0 Å². The van der Waals surface area contributed by atoms with Crippen LogP contribution in [0.15, 0.2) is 139 Å². The zero-order valence-corrected chi connectivity index (χ0v) is 29.5. The van der Waals surface area contributed by atoms with Crippen LogP contribution in [0, 0.1) is 0 Å². The van der Waals surface area contributed by atoms with Crippen LogP contribution in [-0.2, 0) is 0 Å². The standard InChI is InChI=1S/C19H32IN3.C17H18.C3H6/c1-8-9-11-15(2)14-21-17(4)16(3)20(6)22-18(5)19-12-10-13-23(19)7;1-4-9-14-13(6-3)16-11-7-8-12-17(16)15(14)10-5-2;1-3-2/h8,19,21-22H,1-5,9-14H2,6-7H3;4-9,11-12,15H,2-3,10H2,1H3;3H,1H2,2H3/b;9-4-;. The molecule has 0 spiro atoms. The maximum atomic E-state index is 4.25. The Hall–Kier alpha value is -3.09. The van der Waals surface area contributed by atoms with Crippen molar-refractivity contribution < 1.29 is 0 Å². The number of hydrogen-bond donors (Lipinski definition) is 2. The molecule has 43 heavy (non-hydrogen) atoms. The summed E-state index contributed by atoms with van der Waals surface area (Å²) in [5.74, 6) is 0.438. The van der Waals surface area contributed by atoms with Crippen LogP contribution in [0.25, 0.3) is 5.57 Å². The van der Waals surface area contributed by atoms with E-state index in [9.17, 15) is 0 Å². The van der Waals surface area contributed by atoms with Crippen molar-refractivity contribution in [2.45, 2.75) is 57.9 Å². The van der Waals surface area contributed by atoms with Crippen LogP contribution in [0.2, 0.25) is 0 Å². The molecular formula is C39H56IN3. The van der Waals surface area contributed by atoms with Gasteiger partial charge in [0.1, 0.15) is 0 Å². The zero-order chi connectivity index (χ0) is 32.4. The van der Waals surface area contributed by atoms with Crippen molar-refractivity contribution in [3.05, 3.63) is 151 Å². The van der Waals surface area contributed by atoms with Gasteiger partial charge in [-0.25, -0.2) is 0 Å². The first-order valence-corrected chi connectivity index (χ1v) is 19.3. The van der Waals surface area contributed by atoms with Crippen LogP contribution in [0.1, 0.15) is 63.0 Å². The fourth-order valence-corrected chi connectivity index (χ4v) is 8.03. The second-order valence-electron chi connectivity index (χ2n) is 10.7. The zero-order valence-electron chi connectivity index (χ0n) is 27.4. The molecule has 1 heterocycles. The van der Waals surface area contributed by atoms with E-state index in [1.54, 1.807) is 6.08 Å². The molecule has 2 aliphatic rings. The topological polar surface area (TPSA) is 27.3 Å². The van der Waals surface area contributed by atoms with E-state index in [1.807, 2.05) is 25.2 Å². The van der Waals surface area contributed by atoms with E-state index in [1.165, 1.54) is 40.7 Å². The second kappa shape index (κ2) is 20.8. The number of likely N-dealkylation sites (tertiary alicyclic amines) is 1. The molecule has 0 saturated carbocycles. The molecule has 234 valence electrons. The number of nitrogens with one attached hydrogen (secondary N) is 2. The van der Waals surface area contributed by atoms with E-state index in [-0.39, 0.29) is 0 Å². The minimum absolute atomic E-state index is 0.438. The van der Waals surface area contributed by atoms with Crippen LogP contribution in [-0.4, -0.2) is 36.0 Å². The summed E-state index contributed by atoms with van der Waals surface area (Å²) in [6.07, 6.45) is 17.3. The van der Waals surface area contributed by atoms with Crippen molar-refractivity contribution in [3.8, 4) is 0 Å². The van der Waals surface area contributed by atoms with Gasteiger partial charge < -0.3 is 0 Å². The van der Waals surface area contributed by atoms with Crippen molar-refractivity contribution in [2.24, 2.45) is 0 Å². The molecule has 1 aliphatic carbocycles. The summed E-state index contributed by atoms with van der Waals surface area (Å²) in [7, 11) is 2.17. The number of allylic oxidation sites excluding steroid dienone is 9. The van der Waals surface area contributed by atoms with E-state index in [2.05, 4.69) is 122 Å². The van der Waals surface area contributed by atoms with Gasteiger partial charge in [-0.2, -0.15) is 0 Å². The van der Waals surface area contributed by atoms with Crippen LogP contribution in [0.4, 0.5) is 0 Å². The molecule has 0 radical (unpaired) electrons. The molecule has 2 N–H and O–H groups in total. The third-order valence-electron chi connectivity index (χ3n) is 7.37. The number of nitrogens with zero attached hydrogens (tertiary/aromatic N) is 1. The minimum atomic E-state index is -1.55.